The maximum Gasteiger partial charge on any atom is 0.134 e. The molecule has 0 saturated carbocycles. The summed E-state index contributed by atoms with van der Waals surface area (Å²) in [5, 5.41) is 3.36. The van der Waals surface area contributed by atoms with E-state index in [1.807, 2.05) is 12.3 Å². The Kier molecular flexibility index (Phi) is 4.83. The Balaban J connectivity index is 1.69. The van der Waals surface area contributed by atoms with Gasteiger partial charge in [-0.3, -0.25) is 4.98 Å². The highest BCUT2D eigenvalue weighted by atomic mass is 15.2. The number of nitrogens with one attached hydrogen (secondary N) is 1. The van der Waals surface area contributed by atoms with Crippen LogP contribution in [0, 0.1) is 0 Å². The lowest BCUT2D eigenvalue weighted by Crippen LogP contribution is -2.39. The maximum absolute atomic E-state index is 4.48. The first kappa shape index (κ1) is 14.8. The average Bonchev–Trinajstić information content (AvgIpc) is 2.61. The van der Waals surface area contributed by atoms with Crippen LogP contribution < -0.4 is 10.2 Å². The van der Waals surface area contributed by atoms with Crippen LogP contribution in [0.3, 0.4) is 0 Å². The van der Waals surface area contributed by atoms with Crippen LogP contribution in [0.1, 0.15) is 38.2 Å². The SMILES string of the molecule is CCC1CCCCN1c1cc(NCc2cccnc2)ncn1. The van der Waals surface area contributed by atoms with Gasteiger partial charge in [-0.05, 0) is 37.3 Å². The first-order valence-electron chi connectivity index (χ1n) is 8.08. The van der Waals surface area contributed by atoms with Crippen molar-refractivity contribution in [3.8, 4) is 0 Å². The zero-order valence-electron chi connectivity index (χ0n) is 13.1. The molecule has 0 aliphatic carbocycles. The molecule has 1 fully saturated rings. The Hall–Kier alpha value is -2.17. The quantitative estimate of drug-likeness (QED) is 0.918. The largest absolute Gasteiger partial charge is 0.366 e. The highest BCUT2D eigenvalue weighted by molar-refractivity contribution is 5.49. The molecule has 3 heterocycles. The molecule has 2 aromatic rings. The maximum atomic E-state index is 4.48. The molecule has 0 aromatic carbocycles. The molecule has 2 aromatic heterocycles. The van der Waals surface area contributed by atoms with Gasteiger partial charge in [0.15, 0.2) is 0 Å². The standard InChI is InChI=1S/C17H23N5/c1-2-15-7-3-4-9-22(15)17-10-16(20-13-21-17)19-12-14-6-5-8-18-11-14/h5-6,8,10-11,13,15H,2-4,7,9,12H2,1H3,(H,19,20,21). The molecule has 0 radical (unpaired) electrons. The summed E-state index contributed by atoms with van der Waals surface area (Å²) < 4.78 is 0. The van der Waals surface area contributed by atoms with Crippen LogP contribution in [0.25, 0.3) is 0 Å². The molecule has 0 amide bonds. The van der Waals surface area contributed by atoms with Crippen molar-refractivity contribution in [3.63, 3.8) is 0 Å². The molecule has 1 N–H and O–H groups in total. The van der Waals surface area contributed by atoms with Crippen LogP contribution in [-0.2, 0) is 6.54 Å². The summed E-state index contributed by atoms with van der Waals surface area (Å²) in [6, 6.07) is 6.67. The third-order valence-corrected chi connectivity index (χ3v) is 4.24. The molecular weight excluding hydrogens is 274 g/mol. The fourth-order valence-electron chi connectivity index (χ4n) is 3.02. The summed E-state index contributed by atoms with van der Waals surface area (Å²) in [4.78, 5) is 15.4. The zero-order valence-corrected chi connectivity index (χ0v) is 13.1. The van der Waals surface area contributed by atoms with Crippen molar-refractivity contribution < 1.29 is 0 Å². The van der Waals surface area contributed by atoms with Crippen molar-refractivity contribution in [2.75, 3.05) is 16.8 Å². The van der Waals surface area contributed by atoms with Gasteiger partial charge in [0.1, 0.15) is 18.0 Å². The first-order chi connectivity index (χ1) is 10.9. The van der Waals surface area contributed by atoms with Crippen molar-refractivity contribution in [1.82, 2.24) is 15.0 Å². The summed E-state index contributed by atoms with van der Waals surface area (Å²) >= 11 is 0. The molecule has 1 aliphatic rings. The van der Waals surface area contributed by atoms with Gasteiger partial charge in [-0.25, -0.2) is 9.97 Å². The van der Waals surface area contributed by atoms with E-state index in [0.29, 0.717) is 6.04 Å². The molecule has 0 bridgehead atoms. The lowest BCUT2D eigenvalue weighted by Gasteiger charge is -2.36. The second kappa shape index (κ2) is 7.20. The number of hydrogen-bond donors (Lipinski definition) is 1. The average molecular weight is 297 g/mol. The molecule has 1 saturated heterocycles. The third-order valence-electron chi connectivity index (χ3n) is 4.24. The first-order valence-corrected chi connectivity index (χ1v) is 8.08. The van der Waals surface area contributed by atoms with Crippen LogP contribution in [0.4, 0.5) is 11.6 Å². The van der Waals surface area contributed by atoms with Crippen molar-refractivity contribution in [2.24, 2.45) is 0 Å². The van der Waals surface area contributed by atoms with Crippen molar-refractivity contribution in [1.29, 1.82) is 0 Å². The second-order valence-corrected chi connectivity index (χ2v) is 5.73. The zero-order chi connectivity index (χ0) is 15.2. The van der Waals surface area contributed by atoms with Crippen LogP contribution >= 0.6 is 0 Å². The highest BCUT2D eigenvalue weighted by Crippen LogP contribution is 2.25. The van der Waals surface area contributed by atoms with Gasteiger partial charge in [-0.1, -0.05) is 13.0 Å². The molecule has 1 aliphatic heterocycles. The summed E-state index contributed by atoms with van der Waals surface area (Å²) in [5.74, 6) is 1.91. The topological polar surface area (TPSA) is 53.9 Å². The van der Waals surface area contributed by atoms with Crippen LogP contribution in [0.15, 0.2) is 36.9 Å². The number of hydrogen-bond acceptors (Lipinski definition) is 5. The van der Waals surface area contributed by atoms with Crippen LogP contribution in [-0.4, -0.2) is 27.5 Å². The Morgan fingerprint density at radius 1 is 1.32 bits per heavy atom. The number of nitrogens with zero attached hydrogens (tertiary/aromatic N) is 4. The number of rotatable bonds is 5. The number of piperidine rings is 1. The van der Waals surface area contributed by atoms with E-state index in [4.69, 9.17) is 0 Å². The summed E-state index contributed by atoms with van der Waals surface area (Å²) in [6.07, 6.45) is 10.3. The Labute approximate surface area is 131 Å². The van der Waals surface area contributed by atoms with Gasteiger partial charge in [0.2, 0.25) is 0 Å². The van der Waals surface area contributed by atoms with E-state index in [-0.39, 0.29) is 0 Å². The van der Waals surface area contributed by atoms with E-state index in [1.165, 1.54) is 25.7 Å². The minimum Gasteiger partial charge on any atom is -0.366 e. The smallest absolute Gasteiger partial charge is 0.134 e. The fraction of sp³-hybridized carbons (Fsp3) is 0.471. The predicted octanol–water partition coefficient (Wildman–Crippen LogP) is 3.25. The van der Waals surface area contributed by atoms with Crippen LogP contribution in [0.5, 0.6) is 0 Å². The molecule has 116 valence electrons. The monoisotopic (exact) mass is 297 g/mol. The number of anilines is 2. The molecule has 3 rings (SSSR count). The third kappa shape index (κ3) is 3.53. The summed E-state index contributed by atoms with van der Waals surface area (Å²) in [6.45, 7) is 4.07. The van der Waals surface area contributed by atoms with E-state index in [2.05, 4.69) is 44.2 Å². The predicted molar refractivity (Wildman–Crippen MR) is 88.9 cm³/mol. The highest BCUT2D eigenvalue weighted by Gasteiger charge is 2.22. The van der Waals surface area contributed by atoms with Crippen molar-refractivity contribution in [3.05, 3.63) is 42.5 Å². The Morgan fingerprint density at radius 2 is 2.27 bits per heavy atom. The Morgan fingerprint density at radius 3 is 3.09 bits per heavy atom. The van der Waals surface area contributed by atoms with Gasteiger partial charge in [-0.2, -0.15) is 0 Å². The molecular formula is C17H23N5. The van der Waals surface area contributed by atoms with Crippen LogP contribution in [0.2, 0.25) is 0 Å². The minimum absolute atomic E-state index is 0.606. The molecule has 0 spiro atoms. The van der Waals surface area contributed by atoms with E-state index < -0.39 is 0 Å². The van der Waals surface area contributed by atoms with E-state index in [0.717, 1.165) is 30.3 Å². The molecule has 1 unspecified atom stereocenters. The number of aromatic nitrogens is 3. The van der Waals surface area contributed by atoms with Gasteiger partial charge in [-0.15, -0.1) is 0 Å². The van der Waals surface area contributed by atoms with Gasteiger partial charge < -0.3 is 10.2 Å². The molecule has 22 heavy (non-hydrogen) atoms. The molecule has 5 nitrogen and oxygen atoms in total. The van der Waals surface area contributed by atoms with Gasteiger partial charge in [0.25, 0.3) is 0 Å². The van der Waals surface area contributed by atoms with Crippen molar-refractivity contribution >= 4 is 11.6 Å². The van der Waals surface area contributed by atoms with Gasteiger partial charge >= 0.3 is 0 Å². The van der Waals surface area contributed by atoms with Gasteiger partial charge in [0, 0.05) is 37.6 Å². The molecule has 5 heteroatoms. The fourth-order valence-corrected chi connectivity index (χ4v) is 3.02. The lowest BCUT2D eigenvalue weighted by atomic mass is 10.0. The summed E-state index contributed by atoms with van der Waals surface area (Å²) in [7, 11) is 0. The van der Waals surface area contributed by atoms with E-state index in [9.17, 15) is 0 Å². The summed E-state index contributed by atoms with van der Waals surface area (Å²) in [5.41, 5.74) is 1.15. The second-order valence-electron chi connectivity index (χ2n) is 5.73. The van der Waals surface area contributed by atoms with Gasteiger partial charge in [0.05, 0.1) is 0 Å². The lowest BCUT2D eigenvalue weighted by molar-refractivity contribution is 0.446. The molecule has 1 atom stereocenters. The Bertz CT molecular complexity index is 587. The van der Waals surface area contributed by atoms with Crippen molar-refractivity contribution in [2.45, 2.75) is 45.2 Å². The van der Waals surface area contributed by atoms with E-state index >= 15 is 0 Å². The normalized spacial score (nSPS) is 18.2. The van der Waals surface area contributed by atoms with E-state index in [1.54, 1.807) is 12.5 Å². The minimum atomic E-state index is 0.606. The number of pyridine rings is 1.